The van der Waals surface area contributed by atoms with E-state index in [1.165, 1.54) is 0 Å². The molecule has 1 aromatic heterocycles. The van der Waals surface area contributed by atoms with Crippen molar-refractivity contribution in [3.8, 4) is 0 Å². The summed E-state index contributed by atoms with van der Waals surface area (Å²) in [7, 11) is 0. The molecule has 1 aliphatic rings. The minimum Gasteiger partial charge on any atom is -0.452 e. The van der Waals surface area contributed by atoms with Gasteiger partial charge in [-0.25, -0.2) is 9.59 Å². The van der Waals surface area contributed by atoms with Gasteiger partial charge in [-0.1, -0.05) is 6.92 Å². The summed E-state index contributed by atoms with van der Waals surface area (Å²) in [6, 6.07) is 1.63. The second-order valence-corrected chi connectivity index (χ2v) is 6.29. The van der Waals surface area contributed by atoms with Crippen molar-refractivity contribution in [3.63, 3.8) is 0 Å². The molecule has 3 amide bonds. The van der Waals surface area contributed by atoms with E-state index in [2.05, 4.69) is 15.2 Å². The van der Waals surface area contributed by atoms with Crippen LogP contribution in [0.4, 0.5) is 4.79 Å². The van der Waals surface area contributed by atoms with Gasteiger partial charge in [-0.05, 0) is 46.1 Å². The van der Waals surface area contributed by atoms with Crippen LogP contribution in [0.15, 0.2) is 6.07 Å². The first-order valence-corrected chi connectivity index (χ1v) is 8.29. The number of aromatic nitrogens is 1. The number of carbonyl (C=O) groups excluding carboxylic acids is 3. The van der Waals surface area contributed by atoms with Crippen LogP contribution in [0.2, 0.25) is 0 Å². The van der Waals surface area contributed by atoms with Crippen LogP contribution in [0, 0.1) is 13.8 Å². The highest BCUT2D eigenvalue weighted by Crippen LogP contribution is 2.38. The van der Waals surface area contributed by atoms with Gasteiger partial charge in [-0.3, -0.25) is 10.1 Å². The quantitative estimate of drug-likeness (QED) is 0.780. The number of urea groups is 1. The molecule has 0 unspecified atom stereocenters. The highest BCUT2D eigenvalue weighted by atomic mass is 16.5. The van der Waals surface area contributed by atoms with E-state index >= 15 is 0 Å². The number of carbonyl (C=O) groups is 3. The van der Waals surface area contributed by atoms with E-state index in [4.69, 9.17) is 4.74 Å². The Morgan fingerprint density at radius 3 is 2.58 bits per heavy atom. The number of ether oxygens (including phenoxy) is 1. The summed E-state index contributed by atoms with van der Waals surface area (Å²) in [6.45, 7) is 7.10. The molecule has 0 aliphatic heterocycles. The van der Waals surface area contributed by atoms with Crippen molar-refractivity contribution in [3.05, 3.63) is 23.0 Å². The Bertz CT molecular complexity index is 647. The van der Waals surface area contributed by atoms with Gasteiger partial charge in [0.25, 0.3) is 5.91 Å². The van der Waals surface area contributed by atoms with Gasteiger partial charge >= 0.3 is 12.0 Å². The number of hydrogen-bond acceptors (Lipinski definition) is 4. The van der Waals surface area contributed by atoms with E-state index in [9.17, 15) is 14.4 Å². The summed E-state index contributed by atoms with van der Waals surface area (Å²) in [5.74, 6) is -1.20. The summed E-state index contributed by atoms with van der Waals surface area (Å²) in [6.07, 6.45) is 3.00. The zero-order valence-corrected chi connectivity index (χ0v) is 14.6. The largest absolute Gasteiger partial charge is 0.452 e. The average Bonchev–Trinajstić information content (AvgIpc) is 3.30. The van der Waals surface area contributed by atoms with Crippen molar-refractivity contribution >= 4 is 17.9 Å². The maximum absolute atomic E-state index is 12.2. The zero-order valence-electron chi connectivity index (χ0n) is 14.6. The Kier molecular flexibility index (Phi) is 5.64. The molecule has 0 bridgehead atoms. The fraction of sp³-hybridized carbons (Fsp3) is 0.588. The van der Waals surface area contributed by atoms with Crippen LogP contribution in [-0.2, 0) is 9.53 Å². The fourth-order valence-corrected chi connectivity index (χ4v) is 2.61. The first-order valence-electron chi connectivity index (χ1n) is 8.29. The molecule has 1 atom stereocenters. The van der Waals surface area contributed by atoms with E-state index in [1.807, 2.05) is 27.7 Å². The van der Waals surface area contributed by atoms with Gasteiger partial charge in [0.1, 0.15) is 0 Å². The molecule has 0 aromatic carbocycles. The lowest BCUT2D eigenvalue weighted by molar-refractivity contribution is -0.123. The molecule has 2 rings (SSSR count). The molecule has 1 heterocycles. The summed E-state index contributed by atoms with van der Waals surface area (Å²) < 4.78 is 7.16. The molecule has 1 saturated carbocycles. The molecule has 2 N–H and O–H groups in total. The van der Waals surface area contributed by atoms with Crippen molar-refractivity contribution in [1.29, 1.82) is 0 Å². The number of nitrogens with zero attached hydrogens (tertiary/aromatic N) is 1. The molecule has 132 valence electrons. The van der Waals surface area contributed by atoms with E-state index < -0.39 is 24.5 Å². The van der Waals surface area contributed by atoms with Crippen LogP contribution in [0.5, 0.6) is 0 Å². The second-order valence-electron chi connectivity index (χ2n) is 6.29. The van der Waals surface area contributed by atoms with Crippen LogP contribution in [0.3, 0.4) is 0 Å². The first kappa shape index (κ1) is 18.0. The molecule has 7 heteroatoms. The Balaban J connectivity index is 1.86. The highest BCUT2D eigenvalue weighted by molar-refractivity contribution is 5.97. The van der Waals surface area contributed by atoms with Crippen molar-refractivity contribution in [1.82, 2.24) is 15.2 Å². The number of aryl methyl sites for hydroxylation is 1. The summed E-state index contributed by atoms with van der Waals surface area (Å²) in [4.78, 5) is 35.4. The van der Waals surface area contributed by atoms with Crippen LogP contribution >= 0.6 is 0 Å². The number of hydrogen-bond donors (Lipinski definition) is 2. The molecule has 24 heavy (non-hydrogen) atoms. The van der Waals surface area contributed by atoms with Crippen LogP contribution in [-0.4, -0.2) is 35.1 Å². The van der Waals surface area contributed by atoms with Gasteiger partial charge in [0.05, 0.1) is 5.56 Å². The predicted molar refractivity (Wildman–Crippen MR) is 88.9 cm³/mol. The van der Waals surface area contributed by atoms with Crippen molar-refractivity contribution < 1.29 is 19.1 Å². The van der Waals surface area contributed by atoms with Crippen molar-refractivity contribution in [2.24, 2.45) is 0 Å². The predicted octanol–water partition coefficient (Wildman–Crippen LogP) is 2.22. The summed E-state index contributed by atoms with van der Waals surface area (Å²) in [5, 5.41) is 4.74. The fourth-order valence-electron chi connectivity index (χ4n) is 2.61. The topological polar surface area (TPSA) is 89.4 Å². The number of nitrogens with one attached hydrogen (secondary N) is 2. The van der Waals surface area contributed by atoms with Gasteiger partial charge in [-0.2, -0.15) is 0 Å². The molecule has 0 saturated heterocycles. The molecular formula is C17H25N3O4. The first-order chi connectivity index (χ1) is 11.3. The van der Waals surface area contributed by atoms with Crippen LogP contribution in [0.1, 0.15) is 60.9 Å². The number of imide groups is 1. The third-order valence-corrected chi connectivity index (χ3v) is 4.19. The van der Waals surface area contributed by atoms with E-state index in [0.29, 0.717) is 11.6 Å². The molecule has 1 aliphatic carbocycles. The Morgan fingerprint density at radius 1 is 1.33 bits per heavy atom. The maximum atomic E-state index is 12.2. The number of rotatable bonds is 6. The van der Waals surface area contributed by atoms with E-state index in [1.54, 1.807) is 6.07 Å². The third-order valence-electron chi connectivity index (χ3n) is 4.19. The molecule has 1 fully saturated rings. The van der Waals surface area contributed by atoms with E-state index in [-0.39, 0.29) is 6.04 Å². The average molecular weight is 335 g/mol. The normalized spacial score (nSPS) is 14.8. The Morgan fingerprint density at radius 2 is 2.00 bits per heavy atom. The van der Waals surface area contributed by atoms with Crippen LogP contribution < -0.4 is 10.6 Å². The smallest absolute Gasteiger partial charge is 0.340 e. The van der Waals surface area contributed by atoms with Gasteiger partial charge in [0, 0.05) is 23.5 Å². The number of esters is 1. The van der Waals surface area contributed by atoms with Gasteiger partial charge in [-0.15, -0.1) is 0 Å². The Labute approximate surface area is 141 Å². The van der Waals surface area contributed by atoms with Gasteiger partial charge < -0.3 is 14.6 Å². The molecule has 0 radical (unpaired) electrons. The van der Waals surface area contributed by atoms with Gasteiger partial charge in [0.2, 0.25) is 0 Å². The maximum Gasteiger partial charge on any atom is 0.340 e. The monoisotopic (exact) mass is 335 g/mol. The SMILES string of the molecule is CC[C@H](C)NC(=O)NC(=O)COC(=O)c1cc(C)n(C2CC2)c1C. The molecular weight excluding hydrogens is 310 g/mol. The van der Waals surface area contributed by atoms with Crippen molar-refractivity contribution in [2.45, 2.75) is 59.0 Å². The van der Waals surface area contributed by atoms with E-state index in [0.717, 1.165) is 30.7 Å². The zero-order chi connectivity index (χ0) is 17.9. The molecule has 0 spiro atoms. The lowest BCUT2D eigenvalue weighted by atomic mass is 10.2. The minimum absolute atomic E-state index is 0.0341. The van der Waals surface area contributed by atoms with Crippen LogP contribution in [0.25, 0.3) is 0 Å². The highest BCUT2D eigenvalue weighted by Gasteiger charge is 2.28. The lowest BCUT2D eigenvalue weighted by Crippen LogP contribution is -2.44. The summed E-state index contributed by atoms with van der Waals surface area (Å²) >= 11 is 0. The minimum atomic E-state index is -0.653. The second kappa shape index (κ2) is 7.51. The third kappa shape index (κ3) is 4.37. The Hall–Kier alpha value is -2.31. The number of amides is 3. The molecule has 7 nitrogen and oxygen atoms in total. The lowest BCUT2D eigenvalue weighted by Gasteiger charge is -2.12. The van der Waals surface area contributed by atoms with Crippen molar-refractivity contribution in [2.75, 3.05) is 6.61 Å². The summed E-state index contributed by atoms with van der Waals surface area (Å²) in [5.41, 5.74) is 2.34. The molecule has 1 aromatic rings. The standard InChI is InChI=1S/C17H25N3O4/c1-5-10(2)18-17(23)19-15(21)9-24-16(22)14-8-11(3)20(12(14)4)13-6-7-13/h8,10,13H,5-7,9H2,1-4H3,(H2,18,19,21,23)/t10-/m0/s1. The van der Waals surface area contributed by atoms with Gasteiger partial charge in [0.15, 0.2) is 6.61 Å².